The average molecular weight is 458 g/mol. The van der Waals surface area contributed by atoms with E-state index in [0.717, 1.165) is 44.9 Å². The van der Waals surface area contributed by atoms with Gasteiger partial charge in [0.2, 0.25) is 0 Å². The van der Waals surface area contributed by atoms with Gasteiger partial charge in [-0.1, -0.05) is 48.1 Å². The Bertz CT molecular complexity index is 631. The zero-order chi connectivity index (χ0) is 18.2. The number of rotatable bonds is 1. The number of carbonyl (C=O) groups excluding carboxylic acids is 1. The van der Waals surface area contributed by atoms with E-state index < -0.39 is 5.60 Å². The van der Waals surface area contributed by atoms with Crippen molar-refractivity contribution < 1.29 is 15.0 Å². The normalized spacial score (nSPS) is 55.0. The van der Waals surface area contributed by atoms with Crippen LogP contribution in [0.15, 0.2) is 11.6 Å². The Kier molecular flexibility index (Phi) is 4.26. The summed E-state index contributed by atoms with van der Waals surface area (Å²) in [7, 11) is 0. The second kappa shape index (κ2) is 5.78. The largest absolute Gasteiger partial charge is 0.393 e. The summed E-state index contributed by atoms with van der Waals surface area (Å²) in [5.41, 5.74) is 0.224. The fraction of sp³-hybridized carbons (Fsp3) is 0.857. The van der Waals surface area contributed by atoms with E-state index >= 15 is 0 Å². The molecule has 8 atom stereocenters. The maximum atomic E-state index is 12.4. The van der Waals surface area contributed by atoms with Crippen LogP contribution in [0.1, 0.15) is 65.7 Å². The Morgan fingerprint density at radius 2 is 1.96 bits per heavy atom. The van der Waals surface area contributed by atoms with Gasteiger partial charge in [-0.25, -0.2) is 0 Å². The van der Waals surface area contributed by atoms with Crippen molar-refractivity contribution in [3.05, 3.63) is 11.6 Å². The van der Waals surface area contributed by atoms with Crippen LogP contribution in [0, 0.1) is 28.6 Å². The van der Waals surface area contributed by atoms with Gasteiger partial charge in [0.25, 0.3) is 0 Å². The highest BCUT2D eigenvalue weighted by Crippen LogP contribution is 2.68. The van der Waals surface area contributed by atoms with Crippen LogP contribution in [-0.4, -0.2) is 31.6 Å². The van der Waals surface area contributed by atoms with Crippen molar-refractivity contribution in [1.82, 2.24) is 0 Å². The molecule has 4 aliphatic rings. The molecule has 0 saturated heterocycles. The van der Waals surface area contributed by atoms with Crippen LogP contribution >= 0.6 is 22.6 Å². The van der Waals surface area contributed by atoms with Gasteiger partial charge < -0.3 is 10.2 Å². The molecule has 2 N–H and O–H groups in total. The molecule has 0 radical (unpaired) electrons. The summed E-state index contributed by atoms with van der Waals surface area (Å²) in [5.74, 6) is 1.57. The lowest BCUT2D eigenvalue weighted by Crippen LogP contribution is -2.58. The molecular formula is C21H31IO3. The summed E-state index contributed by atoms with van der Waals surface area (Å²) < 4.78 is 0.0164. The Hall–Kier alpha value is 0.0600. The van der Waals surface area contributed by atoms with Crippen molar-refractivity contribution in [2.45, 2.75) is 81.3 Å². The first-order valence-electron chi connectivity index (χ1n) is 9.89. The summed E-state index contributed by atoms with van der Waals surface area (Å²) in [6.45, 7) is 6.17. The highest BCUT2D eigenvalue weighted by Gasteiger charge is 2.68. The Balaban J connectivity index is 1.72. The summed E-state index contributed by atoms with van der Waals surface area (Å²) >= 11 is 2.33. The molecule has 3 saturated carbocycles. The number of allylic oxidation sites excluding steroid dienone is 1. The third-order valence-corrected chi connectivity index (χ3v) is 10.2. The first-order valence-corrected chi connectivity index (χ1v) is 11.1. The molecule has 4 rings (SSSR count). The van der Waals surface area contributed by atoms with Crippen LogP contribution in [0.4, 0.5) is 0 Å². The van der Waals surface area contributed by atoms with Crippen LogP contribution in [0.25, 0.3) is 0 Å². The number of fused-ring (bicyclic) bond motifs is 5. The topological polar surface area (TPSA) is 57.5 Å². The highest BCUT2D eigenvalue weighted by atomic mass is 127. The van der Waals surface area contributed by atoms with Crippen molar-refractivity contribution >= 4 is 28.4 Å². The average Bonchev–Trinajstić information content (AvgIpc) is 2.77. The molecule has 0 aromatic heterocycles. The third-order valence-electron chi connectivity index (χ3n) is 8.79. The van der Waals surface area contributed by atoms with Gasteiger partial charge in [0, 0.05) is 9.34 Å². The van der Waals surface area contributed by atoms with Gasteiger partial charge in [0.1, 0.15) is 5.60 Å². The minimum atomic E-state index is -1.17. The maximum Gasteiger partial charge on any atom is 0.162 e. The Morgan fingerprint density at radius 1 is 1.24 bits per heavy atom. The van der Waals surface area contributed by atoms with E-state index in [0.29, 0.717) is 17.8 Å². The van der Waals surface area contributed by atoms with Crippen LogP contribution in [0.3, 0.4) is 0 Å². The molecule has 4 heteroatoms. The molecule has 0 heterocycles. The molecule has 0 spiro atoms. The number of hydrogen-bond donors (Lipinski definition) is 2. The van der Waals surface area contributed by atoms with Gasteiger partial charge in [0.05, 0.1) is 6.10 Å². The van der Waals surface area contributed by atoms with Crippen LogP contribution in [0.2, 0.25) is 0 Å². The van der Waals surface area contributed by atoms with E-state index in [4.69, 9.17) is 0 Å². The number of Topliss-reactive ketones (excluding diaryl/α,β-unsaturated/α-hetero) is 1. The minimum Gasteiger partial charge on any atom is -0.393 e. The zero-order valence-corrected chi connectivity index (χ0v) is 17.8. The SMILES string of the molecule is CC(=O)[C@@]1(O)[C@@H](I)C[C@H]2[C@@H]3CC=C4C[C@@H](O)CC[C@]4(C)[C@H]3CC[C@@]21C. The van der Waals surface area contributed by atoms with Crippen LogP contribution in [0.5, 0.6) is 0 Å². The van der Waals surface area contributed by atoms with Crippen molar-refractivity contribution in [2.75, 3.05) is 0 Å². The van der Waals surface area contributed by atoms with Gasteiger partial charge in [-0.15, -0.1) is 0 Å². The summed E-state index contributed by atoms with van der Waals surface area (Å²) in [4.78, 5) is 12.4. The third kappa shape index (κ3) is 2.25. The van der Waals surface area contributed by atoms with Crippen molar-refractivity contribution in [1.29, 1.82) is 0 Å². The van der Waals surface area contributed by atoms with E-state index in [1.165, 1.54) is 5.57 Å². The van der Waals surface area contributed by atoms with Crippen molar-refractivity contribution in [2.24, 2.45) is 28.6 Å². The van der Waals surface area contributed by atoms with E-state index in [2.05, 4.69) is 42.5 Å². The molecule has 0 amide bonds. The lowest BCUT2D eigenvalue weighted by atomic mass is 9.47. The van der Waals surface area contributed by atoms with E-state index in [1.807, 2.05) is 0 Å². The summed E-state index contributed by atoms with van der Waals surface area (Å²) in [5, 5.41) is 21.5. The maximum absolute atomic E-state index is 12.4. The lowest BCUT2D eigenvalue weighted by molar-refractivity contribution is -0.157. The number of aliphatic hydroxyl groups excluding tert-OH is 1. The predicted molar refractivity (Wildman–Crippen MR) is 107 cm³/mol. The summed E-state index contributed by atoms with van der Waals surface area (Å²) in [6.07, 6.45) is 9.12. The second-order valence-corrected chi connectivity index (χ2v) is 11.1. The number of aliphatic hydroxyl groups is 2. The van der Waals surface area contributed by atoms with Crippen molar-refractivity contribution in [3.63, 3.8) is 0 Å². The predicted octanol–water partition coefficient (Wildman–Crippen LogP) is 4.04. The minimum absolute atomic E-state index is 0.0164. The van der Waals surface area contributed by atoms with E-state index in [-0.39, 0.29) is 26.6 Å². The molecule has 0 unspecified atom stereocenters. The summed E-state index contributed by atoms with van der Waals surface area (Å²) in [6, 6.07) is 0. The number of halogens is 1. The fourth-order valence-electron chi connectivity index (χ4n) is 7.24. The van der Waals surface area contributed by atoms with E-state index in [1.54, 1.807) is 6.92 Å². The quantitative estimate of drug-likeness (QED) is 0.354. The van der Waals surface area contributed by atoms with Crippen molar-refractivity contribution in [3.8, 4) is 0 Å². The Labute approximate surface area is 164 Å². The Morgan fingerprint density at radius 3 is 2.64 bits per heavy atom. The van der Waals surface area contributed by atoms with Crippen LogP contribution in [-0.2, 0) is 4.79 Å². The second-order valence-electron chi connectivity index (χ2n) is 9.64. The molecule has 3 fully saturated rings. The molecule has 25 heavy (non-hydrogen) atoms. The molecule has 0 bridgehead atoms. The smallest absolute Gasteiger partial charge is 0.162 e. The zero-order valence-electron chi connectivity index (χ0n) is 15.6. The molecule has 3 nitrogen and oxygen atoms in total. The van der Waals surface area contributed by atoms with Gasteiger partial charge >= 0.3 is 0 Å². The van der Waals surface area contributed by atoms with Gasteiger partial charge in [-0.05, 0) is 75.0 Å². The first-order chi connectivity index (χ1) is 11.6. The molecule has 0 aliphatic heterocycles. The fourth-order valence-corrected chi connectivity index (χ4v) is 8.94. The lowest BCUT2D eigenvalue weighted by Gasteiger charge is -2.58. The van der Waals surface area contributed by atoms with Gasteiger partial charge in [-0.2, -0.15) is 0 Å². The number of alkyl halides is 1. The van der Waals surface area contributed by atoms with E-state index in [9.17, 15) is 15.0 Å². The molecule has 140 valence electrons. The highest BCUT2D eigenvalue weighted by molar-refractivity contribution is 14.1. The standard InChI is InChI=1S/C21H31IO3/c1-12(23)21(25)18(22)11-17-15-5-4-13-10-14(24)6-8-19(13,2)16(15)7-9-20(17,21)3/h4,14-18,24-25H,5-11H2,1-3H3/t14-,15+,16-,17-,18-,19-,20-,21+/m0/s1. The molecule has 0 aromatic carbocycles. The molecular weight excluding hydrogens is 427 g/mol. The van der Waals surface area contributed by atoms with Crippen LogP contribution < -0.4 is 0 Å². The number of ketones is 1. The number of hydrogen-bond acceptors (Lipinski definition) is 3. The first kappa shape index (κ1) is 18.4. The molecule has 4 aliphatic carbocycles. The molecule has 0 aromatic rings. The monoisotopic (exact) mass is 458 g/mol. The van der Waals surface area contributed by atoms with Gasteiger partial charge in [0.15, 0.2) is 5.78 Å². The van der Waals surface area contributed by atoms with Gasteiger partial charge in [-0.3, -0.25) is 4.79 Å². The number of carbonyl (C=O) groups is 1.